The molecule has 0 radical (unpaired) electrons. The van der Waals surface area contributed by atoms with Crippen LogP contribution < -0.4 is 0 Å². The Bertz CT molecular complexity index is 809. The molecule has 0 saturated carbocycles. The second-order valence-corrected chi connectivity index (χ2v) is 7.66. The van der Waals surface area contributed by atoms with Gasteiger partial charge in [0.2, 0.25) is 0 Å². The van der Waals surface area contributed by atoms with Gasteiger partial charge in [-0.3, -0.25) is 4.79 Å². The number of ether oxygens (including phenoxy) is 1. The van der Waals surface area contributed by atoms with E-state index in [0.29, 0.717) is 0 Å². The molecule has 2 unspecified atom stereocenters. The summed E-state index contributed by atoms with van der Waals surface area (Å²) in [5, 5.41) is 2.23. The normalized spacial score (nSPS) is 14.0. The number of rotatable bonds is 5. The van der Waals surface area contributed by atoms with Crippen molar-refractivity contribution < 1.29 is 9.53 Å². The van der Waals surface area contributed by atoms with Gasteiger partial charge in [-0.25, -0.2) is 0 Å². The highest BCUT2D eigenvalue weighted by atomic mass is 16.5. The fourth-order valence-corrected chi connectivity index (χ4v) is 2.66. The third kappa shape index (κ3) is 4.19. The van der Waals surface area contributed by atoms with Crippen molar-refractivity contribution in [1.29, 1.82) is 0 Å². The first kappa shape index (κ1) is 19.0. The molecule has 0 fully saturated rings. The Morgan fingerprint density at radius 2 is 1.56 bits per heavy atom. The molecule has 0 aliphatic heterocycles. The Morgan fingerprint density at radius 3 is 2.08 bits per heavy atom. The van der Waals surface area contributed by atoms with E-state index in [4.69, 9.17) is 4.74 Å². The molecule has 2 rings (SSSR count). The Labute approximate surface area is 151 Å². The zero-order chi connectivity index (χ0) is 18.8. The van der Waals surface area contributed by atoms with E-state index in [-0.39, 0.29) is 23.4 Å². The van der Waals surface area contributed by atoms with Crippen molar-refractivity contribution >= 4 is 28.9 Å². The summed E-state index contributed by atoms with van der Waals surface area (Å²) in [6, 6.07) is 10.3. The van der Waals surface area contributed by atoms with Crippen molar-refractivity contribution in [2.24, 2.45) is 11.3 Å². The standard InChI is InChI=1S/C23H28O2/c1-8-17-12-20-11-10-19(14-21(20)13-18(17)9-2)16(4)25-22(24)15(3)23(5,6)7/h8-16H,1-2H2,3-7H3. The molecule has 0 N–H and O–H groups in total. The topological polar surface area (TPSA) is 26.3 Å². The Kier molecular flexibility index (Phi) is 5.52. The average Bonchev–Trinajstić information content (AvgIpc) is 2.58. The van der Waals surface area contributed by atoms with Crippen molar-refractivity contribution in [3.63, 3.8) is 0 Å². The summed E-state index contributed by atoms with van der Waals surface area (Å²) < 4.78 is 5.70. The lowest BCUT2D eigenvalue weighted by Gasteiger charge is -2.27. The minimum atomic E-state index is -0.284. The predicted molar refractivity (Wildman–Crippen MR) is 107 cm³/mol. The molecule has 2 heteroatoms. The van der Waals surface area contributed by atoms with Crippen molar-refractivity contribution in [1.82, 2.24) is 0 Å². The van der Waals surface area contributed by atoms with E-state index in [1.165, 1.54) is 0 Å². The number of fused-ring (bicyclic) bond motifs is 1. The first-order chi connectivity index (χ1) is 11.7. The van der Waals surface area contributed by atoms with Crippen molar-refractivity contribution in [3.05, 3.63) is 60.2 Å². The molecule has 0 heterocycles. The van der Waals surface area contributed by atoms with Crippen LogP contribution >= 0.6 is 0 Å². The zero-order valence-electron chi connectivity index (χ0n) is 15.9. The van der Waals surface area contributed by atoms with Crippen LogP contribution in [0.25, 0.3) is 22.9 Å². The summed E-state index contributed by atoms with van der Waals surface area (Å²) in [7, 11) is 0. The van der Waals surface area contributed by atoms with E-state index < -0.39 is 0 Å². The van der Waals surface area contributed by atoms with E-state index in [2.05, 4.69) is 37.4 Å². The van der Waals surface area contributed by atoms with E-state index in [1.807, 2.05) is 52.8 Å². The molecule has 0 amide bonds. The summed E-state index contributed by atoms with van der Waals surface area (Å²) in [6.45, 7) is 17.7. The molecular formula is C23H28O2. The smallest absolute Gasteiger partial charge is 0.309 e. The molecule has 0 aliphatic carbocycles. The summed E-state index contributed by atoms with van der Waals surface area (Å²) in [5.74, 6) is -0.313. The van der Waals surface area contributed by atoms with Crippen LogP contribution in [0.15, 0.2) is 43.5 Å². The lowest BCUT2D eigenvalue weighted by molar-refractivity contribution is -0.156. The zero-order valence-corrected chi connectivity index (χ0v) is 15.9. The maximum atomic E-state index is 12.4. The van der Waals surface area contributed by atoms with Crippen LogP contribution in [0.5, 0.6) is 0 Å². The summed E-state index contributed by atoms with van der Waals surface area (Å²) >= 11 is 0. The van der Waals surface area contributed by atoms with Gasteiger partial charge in [0.15, 0.2) is 0 Å². The molecule has 0 saturated heterocycles. The third-order valence-electron chi connectivity index (χ3n) is 4.92. The summed E-state index contributed by atoms with van der Waals surface area (Å²) in [4.78, 5) is 12.4. The van der Waals surface area contributed by atoms with Gasteiger partial charge < -0.3 is 4.74 Å². The van der Waals surface area contributed by atoms with Crippen LogP contribution in [0, 0.1) is 11.3 Å². The lowest BCUT2D eigenvalue weighted by atomic mass is 9.82. The number of carbonyl (C=O) groups is 1. The van der Waals surface area contributed by atoms with Crippen LogP contribution in [0.4, 0.5) is 0 Å². The van der Waals surface area contributed by atoms with Gasteiger partial charge in [0.25, 0.3) is 0 Å². The molecular weight excluding hydrogens is 308 g/mol. The lowest BCUT2D eigenvalue weighted by Crippen LogP contribution is -2.28. The van der Waals surface area contributed by atoms with Gasteiger partial charge in [-0.15, -0.1) is 0 Å². The SMILES string of the molecule is C=Cc1cc2ccc(C(C)OC(=O)C(C)C(C)(C)C)cc2cc1C=C. The highest BCUT2D eigenvalue weighted by molar-refractivity contribution is 5.89. The maximum Gasteiger partial charge on any atom is 0.309 e. The van der Waals surface area contributed by atoms with Crippen LogP contribution in [0.3, 0.4) is 0 Å². The molecule has 0 spiro atoms. The molecule has 2 aromatic rings. The molecule has 2 atom stereocenters. The molecule has 0 aromatic heterocycles. The predicted octanol–water partition coefficient (Wildman–Crippen LogP) is 6.41. The van der Waals surface area contributed by atoms with Crippen LogP contribution in [-0.4, -0.2) is 5.97 Å². The number of hydrogen-bond donors (Lipinski definition) is 0. The van der Waals surface area contributed by atoms with Crippen molar-refractivity contribution in [3.8, 4) is 0 Å². The van der Waals surface area contributed by atoms with Crippen molar-refractivity contribution in [2.75, 3.05) is 0 Å². The van der Waals surface area contributed by atoms with Gasteiger partial charge in [-0.05, 0) is 58.0 Å². The van der Waals surface area contributed by atoms with Crippen LogP contribution in [0.2, 0.25) is 0 Å². The quantitative estimate of drug-likeness (QED) is 0.589. The molecule has 0 bridgehead atoms. The monoisotopic (exact) mass is 336 g/mol. The molecule has 2 aromatic carbocycles. The maximum absolute atomic E-state index is 12.4. The summed E-state index contributed by atoms with van der Waals surface area (Å²) in [6.07, 6.45) is 3.38. The van der Waals surface area contributed by atoms with Gasteiger partial charge in [0.1, 0.15) is 6.10 Å². The number of esters is 1. The van der Waals surface area contributed by atoms with Gasteiger partial charge in [-0.1, -0.05) is 65.1 Å². The van der Waals surface area contributed by atoms with E-state index in [9.17, 15) is 4.79 Å². The second-order valence-electron chi connectivity index (χ2n) is 7.66. The van der Waals surface area contributed by atoms with Crippen LogP contribution in [0.1, 0.15) is 57.4 Å². The van der Waals surface area contributed by atoms with Gasteiger partial charge in [0, 0.05) is 0 Å². The Hall–Kier alpha value is -2.35. The molecule has 0 aliphatic rings. The minimum Gasteiger partial charge on any atom is -0.458 e. The first-order valence-corrected chi connectivity index (χ1v) is 8.70. The highest BCUT2D eigenvalue weighted by Gasteiger charge is 2.29. The van der Waals surface area contributed by atoms with Gasteiger partial charge >= 0.3 is 5.97 Å². The fourth-order valence-electron chi connectivity index (χ4n) is 2.66. The van der Waals surface area contributed by atoms with Crippen LogP contribution in [-0.2, 0) is 9.53 Å². The van der Waals surface area contributed by atoms with Crippen molar-refractivity contribution in [2.45, 2.75) is 40.7 Å². The Balaban J connectivity index is 2.30. The largest absolute Gasteiger partial charge is 0.458 e. The highest BCUT2D eigenvalue weighted by Crippen LogP contribution is 2.30. The Morgan fingerprint density at radius 1 is 1.00 bits per heavy atom. The molecule has 25 heavy (non-hydrogen) atoms. The average molecular weight is 336 g/mol. The van der Waals surface area contributed by atoms with E-state index in [1.54, 1.807) is 0 Å². The van der Waals surface area contributed by atoms with E-state index >= 15 is 0 Å². The van der Waals surface area contributed by atoms with Gasteiger partial charge in [0.05, 0.1) is 5.92 Å². The fraction of sp³-hybridized carbons (Fsp3) is 0.348. The minimum absolute atomic E-state index is 0.111. The number of hydrogen-bond acceptors (Lipinski definition) is 2. The van der Waals surface area contributed by atoms with Gasteiger partial charge in [-0.2, -0.15) is 0 Å². The second kappa shape index (κ2) is 7.26. The number of carbonyl (C=O) groups excluding carboxylic acids is 1. The number of benzene rings is 2. The van der Waals surface area contributed by atoms with E-state index in [0.717, 1.165) is 27.5 Å². The third-order valence-corrected chi connectivity index (χ3v) is 4.92. The first-order valence-electron chi connectivity index (χ1n) is 8.70. The molecule has 2 nitrogen and oxygen atoms in total. The summed E-state index contributed by atoms with van der Waals surface area (Å²) in [5.41, 5.74) is 2.99. The molecule has 132 valence electrons.